The Labute approximate surface area is 274 Å². The number of aliphatic hydroxyl groups excluding tert-OH is 1. The smallest absolute Gasteiger partial charge is 0.265 e. The quantitative estimate of drug-likeness (QED) is 0.138. The summed E-state index contributed by atoms with van der Waals surface area (Å²) in [6.45, 7) is 8.22. The molecule has 3 aromatic carbocycles. The van der Waals surface area contributed by atoms with Crippen LogP contribution in [0.5, 0.6) is 0 Å². The zero-order valence-corrected chi connectivity index (χ0v) is 27.8. The van der Waals surface area contributed by atoms with Gasteiger partial charge in [0.25, 0.3) is 5.56 Å². The highest BCUT2D eigenvalue weighted by Gasteiger charge is 2.27. The van der Waals surface area contributed by atoms with Crippen molar-refractivity contribution in [3.8, 4) is 27.5 Å². The van der Waals surface area contributed by atoms with Gasteiger partial charge in [0.15, 0.2) is 5.78 Å². The molecule has 2 aromatic heterocycles. The van der Waals surface area contributed by atoms with Gasteiger partial charge in [-0.1, -0.05) is 100.0 Å². The number of benzene rings is 3. The number of aliphatic hydroxyl groups is 1. The van der Waals surface area contributed by atoms with Crippen molar-refractivity contribution in [1.82, 2.24) is 9.55 Å². The van der Waals surface area contributed by atoms with Crippen LogP contribution in [0.1, 0.15) is 72.8 Å². The van der Waals surface area contributed by atoms with Crippen LogP contribution in [0.15, 0.2) is 89.0 Å². The van der Waals surface area contributed by atoms with Gasteiger partial charge in [-0.05, 0) is 60.1 Å². The van der Waals surface area contributed by atoms with Crippen LogP contribution in [0.4, 0.5) is 0 Å². The van der Waals surface area contributed by atoms with Crippen LogP contribution in [0.3, 0.4) is 0 Å². The molecule has 0 spiro atoms. The number of rotatable bonds is 12. The summed E-state index contributed by atoms with van der Waals surface area (Å²) in [5, 5.41) is 13.5. The first-order chi connectivity index (χ1) is 21.7. The summed E-state index contributed by atoms with van der Waals surface area (Å²) < 4.78 is 1.81. The maximum atomic E-state index is 14.7. The molecular weight excluding hydrogens is 600 g/mol. The normalized spacial score (nSPS) is 12.1. The summed E-state index contributed by atoms with van der Waals surface area (Å²) in [6, 6.07) is 25.0. The number of carbonyl (C=O) groups is 1. The molecule has 5 nitrogen and oxygen atoms in total. The molecule has 0 aliphatic rings. The maximum Gasteiger partial charge on any atom is 0.265 e. The van der Waals surface area contributed by atoms with Gasteiger partial charge in [0.05, 0.1) is 23.6 Å². The summed E-state index contributed by atoms with van der Waals surface area (Å²) in [5.74, 6) is -0.281. The van der Waals surface area contributed by atoms with Crippen LogP contribution >= 0.6 is 22.9 Å². The summed E-state index contributed by atoms with van der Waals surface area (Å²) in [5.41, 5.74) is 6.92. The first-order valence-electron chi connectivity index (χ1n) is 15.6. The van der Waals surface area contributed by atoms with Crippen LogP contribution in [-0.4, -0.2) is 27.0 Å². The number of hydrogen-bond acceptors (Lipinski definition) is 5. The predicted molar refractivity (Wildman–Crippen MR) is 186 cm³/mol. The molecule has 5 aromatic rings. The molecule has 0 saturated heterocycles. The Morgan fingerprint density at radius 3 is 2.22 bits per heavy atom. The van der Waals surface area contributed by atoms with E-state index in [1.807, 2.05) is 66.0 Å². The van der Waals surface area contributed by atoms with E-state index in [0.717, 1.165) is 46.5 Å². The Bertz CT molecular complexity index is 1820. The van der Waals surface area contributed by atoms with E-state index in [1.54, 1.807) is 10.6 Å². The number of hydrogen-bond donors (Lipinski definition) is 1. The van der Waals surface area contributed by atoms with Crippen molar-refractivity contribution in [1.29, 1.82) is 0 Å². The number of aryl methyl sites for hydroxylation is 2. The highest BCUT2D eigenvalue weighted by molar-refractivity contribution is 7.13. The molecule has 0 aliphatic carbocycles. The number of ketones is 1. The molecule has 7 heteroatoms. The molecule has 45 heavy (non-hydrogen) atoms. The van der Waals surface area contributed by atoms with Gasteiger partial charge in [-0.2, -0.15) is 0 Å². The molecule has 5 rings (SSSR count). The molecule has 232 valence electrons. The van der Waals surface area contributed by atoms with Gasteiger partial charge in [0.2, 0.25) is 0 Å². The van der Waals surface area contributed by atoms with Gasteiger partial charge in [-0.3, -0.25) is 14.2 Å². The van der Waals surface area contributed by atoms with E-state index in [-0.39, 0.29) is 36.2 Å². The lowest BCUT2D eigenvalue weighted by Gasteiger charge is -2.24. The topological polar surface area (TPSA) is 72.2 Å². The van der Waals surface area contributed by atoms with Crippen LogP contribution in [0.25, 0.3) is 27.5 Å². The lowest BCUT2D eigenvalue weighted by Crippen LogP contribution is -2.29. The molecule has 0 unspecified atom stereocenters. The zero-order chi connectivity index (χ0) is 32.1. The van der Waals surface area contributed by atoms with Crippen molar-refractivity contribution in [2.24, 2.45) is 5.92 Å². The van der Waals surface area contributed by atoms with Crippen molar-refractivity contribution < 1.29 is 9.90 Å². The van der Waals surface area contributed by atoms with Gasteiger partial charge in [-0.15, -0.1) is 11.3 Å². The Morgan fingerprint density at radius 2 is 1.62 bits per heavy atom. The molecule has 0 fully saturated rings. The standard InChI is InChI=1S/C38H39ClN2O3S/c1-5-25-13-10-14-26(6-2)36(25)41-34(19-24(3)4)31(35(43)20-29(22-42)27-11-8-7-9-12-27)21-32(38(41)44)37-40-33(23-45-37)28-15-17-30(39)18-16-28/h7-18,21,23-24,29,42H,5-6,19-20,22H2,1-4H3/t29-/m0/s1. The van der Waals surface area contributed by atoms with E-state index >= 15 is 0 Å². The molecular formula is C38H39ClN2O3S. The molecule has 0 saturated carbocycles. The largest absolute Gasteiger partial charge is 0.396 e. The third kappa shape index (κ3) is 7.04. The Morgan fingerprint density at radius 1 is 0.956 bits per heavy atom. The SMILES string of the molecule is CCc1cccc(CC)c1-n1c(CC(C)C)c(C(=O)C[C@@H](CO)c2ccccc2)cc(-c2nc(-c3ccc(Cl)cc3)cs2)c1=O. The van der Waals surface area contributed by atoms with Gasteiger partial charge >= 0.3 is 0 Å². The first kappa shape index (κ1) is 32.6. The fourth-order valence-corrected chi connectivity index (χ4v) is 6.83. The van der Waals surface area contributed by atoms with E-state index < -0.39 is 0 Å². The lowest BCUT2D eigenvalue weighted by molar-refractivity contribution is 0.0958. The van der Waals surface area contributed by atoms with E-state index in [2.05, 4.69) is 39.8 Å². The van der Waals surface area contributed by atoms with Gasteiger partial charge in [-0.25, -0.2) is 4.98 Å². The fourth-order valence-electron chi connectivity index (χ4n) is 5.87. The zero-order valence-electron chi connectivity index (χ0n) is 26.2. The van der Waals surface area contributed by atoms with Crippen LogP contribution in [-0.2, 0) is 19.3 Å². The van der Waals surface area contributed by atoms with E-state index in [4.69, 9.17) is 16.6 Å². The van der Waals surface area contributed by atoms with Crippen molar-refractivity contribution >= 4 is 28.7 Å². The van der Waals surface area contributed by atoms with E-state index in [0.29, 0.717) is 33.3 Å². The minimum absolute atomic E-state index is 0.106. The van der Waals surface area contributed by atoms with Crippen molar-refractivity contribution in [3.63, 3.8) is 0 Å². The lowest BCUT2D eigenvalue weighted by atomic mass is 9.89. The number of carbonyl (C=O) groups excluding carboxylic acids is 1. The fraction of sp³-hybridized carbons (Fsp3) is 0.289. The highest BCUT2D eigenvalue weighted by atomic mass is 35.5. The average molecular weight is 639 g/mol. The first-order valence-corrected chi connectivity index (χ1v) is 16.8. The minimum Gasteiger partial charge on any atom is -0.396 e. The molecule has 1 N–H and O–H groups in total. The molecule has 0 radical (unpaired) electrons. The summed E-state index contributed by atoms with van der Waals surface area (Å²) >= 11 is 7.51. The highest BCUT2D eigenvalue weighted by Crippen LogP contribution is 2.33. The second kappa shape index (κ2) is 14.5. The molecule has 0 amide bonds. The van der Waals surface area contributed by atoms with Gasteiger partial charge in [0.1, 0.15) is 5.01 Å². The summed E-state index contributed by atoms with van der Waals surface area (Å²) in [4.78, 5) is 34.0. The van der Waals surface area contributed by atoms with Crippen molar-refractivity contribution in [2.75, 3.05) is 6.61 Å². The molecule has 0 aliphatic heterocycles. The Balaban J connectivity index is 1.77. The third-order valence-corrected chi connectivity index (χ3v) is 9.32. The number of aromatic nitrogens is 2. The van der Waals surface area contributed by atoms with E-state index in [1.165, 1.54) is 11.3 Å². The number of pyridine rings is 1. The van der Waals surface area contributed by atoms with Gasteiger partial charge < -0.3 is 5.11 Å². The maximum absolute atomic E-state index is 14.7. The summed E-state index contributed by atoms with van der Waals surface area (Å²) in [6.07, 6.45) is 2.14. The minimum atomic E-state index is -0.361. The number of nitrogens with zero attached hydrogens (tertiary/aromatic N) is 2. The second-order valence-electron chi connectivity index (χ2n) is 11.8. The van der Waals surface area contributed by atoms with Gasteiger partial charge in [0, 0.05) is 39.6 Å². The Kier molecular flexibility index (Phi) is 10.5. The monoisotopic (exact) mass is 638 g/mol. The van der Waals surface area contributed by atoms with Crippen LogP contribution in [0.2, 0.25) is 5.02 Å². The molecule has 2 heterocycles. The molecule has 1 atom stereocenters. The summed E-state index contributed by atoms with van der Waals surface area (Å²) in [7, 11) is 0. The van der Waals surface area contributed by atoms with Crippen molar-refractivity contribution in [2.45, 2.75) is 59.3 Å². The van der Waals surface area contributed by atoms with E-state index in [9.17, 15) is 14.7 Å². The average Bonchev–Trinajstić information content (AvgIpc) is 3.54. The third-order valence-electron chi connectivity index (χ3n) is 8.19. The Hall–Kier alpha value is -3.84. The van der Waals surface area contributed by atoms with Crippen molar-refractivity contribution in [3.05, 3.63) is 128 Å². The number of para-hydroxylation sites is 1. The van der Waals surface area contributed by atoms with Crippen LogP contribution < -0.4 is 5.56 Å². The number of halogens is 1. The number of thiazole rings is 1. The second-order valence-corrected chi connectivity index (χ2v) is 13.0. The van der Waals surface area contributed by atoms with Crippen LogP contribution in [0, 0.1) is 5.92 Å². The molecule has 0 bridgehead atoms. The predicted octanol–water partition coefficient (Wildman–Crippen LogP) is 8.95. The number of Topliss-reactive ketones (excluding diaryl/α,β-unsaturated/α-hetero) is 1.